The van der Waals surface area contributed by atoms with Gasteiger partial charge in [-0.15, -0.1) is 6.58 Å². The monoisotopic (exact) mass is 238 g/mol. The van der Waals surface area contributed by atoms with Gasteiger partial charge in [-0.1, -0.05) is 6.08 Å². The zero-order valence-electron chi connectivity index (χ0n) is 9.90. The highest BCUT2D eigenvalue weighted by Gasteiger charge is 2.58. The number of rotatable bonds is 4. The second kappa shape index (κ2) is 4.23. The fourth-order valence-electron chi connectivity index (χ4n) is 2.43. The first-order valence-electron chi connectivity index (χ1n) is 5.86. The molecule has 4 unspecified atom stereocenters. The molecule has 1 amide bonds. The SMILES string of the molecule is C=CC1CC1(NC(=O)C1CC(O)CN1)C(C)=O. The fraction of sp³-hybridized carbons (Fsp3) is 0.667. The Hall–Kier alpha value is -1.20. The maximum Gasteiger partial charge on any atom is 0.238 e. The second-order valence-corrected chi connectivity index (χ2v) is 4.91. The van der Waals surface area contributed by atoms with Gasteiger partial charge in [0.1, 0.15) is 5.54 Å². The van der Waals surface area contributed by atoms with Gasteiger partial charge in [0.15, 0.2) is 5.78 Å². The van der Waals surface area contributed by atoms with E-state index in [9.17, 15) is 14.7 Å². The third-order valence-electron chi connectivity index (χ3n) is 3.70. The molecule has 3 N–H and O–H groups in total. The predicted octanol–water partition coefficient (Wildman–Crippen LogP) is -0.641. The van der Waals surface area contributed by atoms with Gasteiger partial charge >= 0.3 is 0 Å². The lowest BCUT2D eigenvalue weighted by Gasteiger charge is -2.18. The number of β-amino-alcohol motifs (C(OH)–C–C–N with tert-alkyl or cyclic N) is 1. The van der Waals surface area contributed by atoms with Crippen molar-refractivity contribution in [1.29, 1.82) is 0 Å². The quantitative estimate of drug-likeness (QED) is 0.569. The molecule has 2 aliphatic rings. The van der Waals surface area contributed by atoms with Gasteiger partial charge in [-0.2, -0.15) is 0 Å². The van der Waals surface area contributed by atoms with Crippen molar-refractivity contribution in [3.63, 3.8) is 0 Å². The molecule has 1 saturated carbocycles. The Kier molecular flexibility index (Phi) is 3.05. The summed E-state index contributed by atoms with van der Waals surface area (Å²) < 4.78 is 0. The van der Waals surface area contributed by atoms with E-state index < -0.39 is 17.7 Å². The van der Waals surface area contributed by atoms with Gasteiger partial charge in [-0.25, -0.2) is 0 Å². The van der Waals surface area contributed by atoms with E-state index >= 15 is 0 Å². The van der Waals surface area contributed by atoms with Crippen LogP contribution in [0.15, 0.2) is 12.7 Å². The highest BCUT2D eigenvalue weighted by molar-refractivity contribution is 5.96. The molecule has 0 spiro atoms. The molecule has 17 heavy (non-hydrogen) atoms. The molecule has 1 aliphatic carbocycles. The summed E-state index contributed by atoms with van der Waals surface area (Å²) in [6.45, 7) is 5.57. The first-order chi connectivity index (χ1) is 7.99. The molecule has 4 atom stereocenters. The standard InChI is InChI=1S/C12H18N2O3/c1-3-8-5-12(8,7(2)15)14-11(17)10-4-9(16)6-13-10/h3,8-10,13,16H,1,4-6H2,2H3,(H,14,17). The first-order valence-corrected chi connectivity index (χ1v) is 5.86. The van der Waals surface area contributed by atoms with Gasteiger partial charge in [-0.3, -0.25) is 9.59 Å². The molecule has 0 aromatic rings. The molecule has 5 nitrogen and oxygen atoms in total. The minimum atomic E-state index is -0.742. The number of hydrogen-bond acceptors (Lipinski definition) is 4. The number of ketones is 1. The van der Waals surface area contributed by atoms with E-state index in [0.717, 1.165) is 0 Å². The van der Waals surface area contributed by atoms with Crippen molar-refractivity contribution in [2.75, 3.05) is 6.54 Å². The molecule has 0 bridgehead atoms. The predicted molar refractivity (Wildman–Crippen MR) is 62.3 cm³/mol. The number of hydrogen-bond donors (Lipinski definition) is 3. The molecule has 1 saturated heterocycles. The largest absolute Gasteiger partial charge is 0.392 e. The van der Waals surface area contributed by atoms with Crippen LogP contribution >= 0.6 is 0 Å². The van der Waals surface area contributed by atoms with Crippen molar-refractivity contribution in [3.05, 3.63) is 12.7 Å². The molecular weight excluding hydrogens is 220 g/mol. The smallest absolute Gasteiger partial charge is 0.238 e. The third kappa shape index (κ3) is 2.12. The van der Waals surface area contributed by atoms with E-state index in [1.165, 1.54) is 6.92 Å². The summed E-state index contributed by atoms with van der Waals surface area (Å²) in [6, 6.07) is -0.396. The second-order valence-electron chi connectivity index (χ2n) is 4.91. The Morgan fingerprint density at radius 2 is 2.29 bits per heavy atom. The summed E-state index contributed by atoms with van der Waals surface area (Å²) in [4.78, 5) is 23.5. The van der Waals surface area contributed by atoms with Crippen molar-refractivity contribution in [2.45, 2.75) is 37.5 Å². The van der Waals surface area contributed by atoms with Crippen LogP contribution in [0.3, 0.4) is 0 Å². The number of aliphatic hydroxyl groups excluding tert-OH is 1. The van der Waals surface area contributed by atoms with Crippen LogP contribution in [0.1, 0.15) is 19.8 Å². The molecule has 2 rings (SSSR count). The molecule has 1 heterocycles. The Morgan fingerprint density at radius 1 is 1.59 bits per heavy atom. The van der Waals surface area contributed by atoms with Crippen molar-refractivity contribution >= 4 is 11.7 Å². The molecule has 94 valence electrons. The summed E-state index contributed by atoms with van der Waals surface area (Å²) >= 11 is 0. The molecular formula is C12H18N2O3. The molecule has 2 fully saturated rings. The van der Waals surface area contributed by atoms with E-state index in [2.05, 4.69) is 17.2 Å². The Labute approximate surface area is 100 Å². The van der Waals surface area contributed by atoms with Crippen LogP contribution in [-0.4, -0.2) is 41.0 Å². The van der Waals surface area contributed by atoms with Gasteiger partial charge in [0.25, 0.3) is 0 Å². The summed E-state index contributed by atoms with van der Waals surface area (Å²) in [5.74, 6) is -0.203. The van der Waals surface area contributed by atoms with Crippen LogP contribution < -0.4 is 10.6 Å². The van der Waals surface area contributed by atoms with E-state index in [1.807, 2.05) is 0 Å². The summed E-state index contributed by atoms with van der Waals surface area (Å²) in [6.07, 6.45) is 2.26. The minimum absolute atomic E-state index is 0.0331. The number of nitrogens with one attached hydrogen (secondary N) is 2. The van der Waals surface area contributed by atoms with E-state index in [4.69, 9.17) is 0 Å². The average molecular weight is 238 g/mol. The van der Waals surface area contributed by atoms with Crippen LogP contribution in [0.2, 0.25) is 0 Å². The number of carbonyl (C=O) groups excluding carboxylic acids is 2. The average Bonchev–Trinajstić information content (AvgIpc) is 2.82. The van der Waals surface area contributed by atoms with Gasteiger partial charge < -0.3 is 15.7 Å². The third-order valence-corrected chi connectivity index (χ3v) is 3.70. The molecule has 1 aliphatic heterocycles. The van der Waals surface area contributed by atoms with Crippen molar-refractivity contribution in [3.8, 4) is 0 Å². The highest BCUT2D eigenvalue weighted by Crippen LogP contribution is 2.45. The Morgan fingerprint density at radius 3 is 2.71 bits per heavy atom. The molecule has 0 aromatic carbocycles. The van der Waals surface area contributed by atoms with Crippen molar-refractivity contribution in [2.24, 2.45) is 5.92 Å². The lowest BCUT2D eigenvalue weighted by atomic mass is 10.1. The maximum absolute atomic E-state index is 11.9. The van der Waals surface area contributed by atoms with Crippen LogP contribution in [0, 0.1) is 5.92 Å². The van der Waals surface area contributed by atoms with E-state index in [0.29, 0.717) is 19.4 Å². The van der Waals surface area contributed by atoms with Crippen LogP contribution in [0.25, 0.3) is 0 Å². The number of aliphatic hydroxyl groups is 1. The molecule has 0 radical (unpaired) electrons. The van der Waals surface area contributed by atoms with Crippen molar-refractivity contribution < 1.29 is 14.7 Å². The van der Waals surface area contributed by atoms with E-state index in [1.54, 1.807) is 6.08 Å². The normalized spacial score (nSPS) is 39.8. The van der Waals surface area contributed by atoms with Gasteiger partial charge in [0.05, 0.1) is 12.1 Å². The zero-order chi connectivity index (χ0) is 12.6. The molecule has 0 aromatic heterocycles. The summed E-state index contributed by atoms with van der Waals surface area (Å²) in [5.41, 5.74) is -0.742. The van der Waals surface area contributed by atoms with Gasteiger partial charge in [0.2, 0.25) is 5.91 Å². The number of Topliss-reactive ketones (excluding diaryl/α,β-unsaturated/α-hetero) is 1. The van der Waals surface area contributed by atoms with Gasteiger partial charge in [0, 0.05) is 12.5 Å². The van der Waals surface area contributed by atoms with Crippen LogP contribution in [0.4, 0.5) is 0 Å². The Balaban J connectivity index is 1.98. The lowest BCUT2D eigenvalue weighted by molar-refractivity contribution is -0.129. The Bertz CT molecular complexity index is 369. The summed E-state index contributed by atoms with van der Waals surface area (Å²) in [5, 5.41) is 15.1. The summed E-state index contributed by atoms with van der Waals surface area (Å²) in [7, 11) is 0. The zero-order valence-corrected chi connectivity index (χ0v) is 9.90. The number of carbonyl (C=O) groups is 2. The minimum Gasteiger partial charge on any atom is -0.392 e. The lowest BCUT2D eigenvalue weighted by Crippen LogP contribution is -2.50. The van der Waals surface area contributed by atoms with Crippen LogP contribution in [0.5, 0.6) is 0 Å². The first kappa shape index (κ1) is 12.3. The maximum atomic E-state index is 11.9. The van der Waals surface area contributed by atoms with E-state index in [-0.39, 0.29) is 17.6 Å². The topological polar surface area (TPSA) is 78.4 Å². The number of amides is 1. The highest BCUT2D eigenvalue weighted by atomic mass is 16.3. The fourth-order valence-corrected chi connectivity index (χ4v) is 2.43. The molecule has 5 heteroatoms. The van der Waals surface area contributed by atoms with Crippen LogP contribution in [-0.2, 0) is 9.59 Å². The van der Waals surface area contributed by atoms with Crippen molar-refractivity contribution in [1.82, 2.24) is 10.6 Å². The van der Waals surface area contributed by atoms with Gasteiger partial charge in [-0.05, 0) is 19.8 Å².